The Labute approximate surface area is 60.8 Å². The Kier molecular flexibility index (Phi) is 2.55. The van der Waals surface area contributed by atoms with Crippen LogP contribution in [-0.4, -0.2) is 17.1 Å². The first-order valence-corrected chi connectivity index (χ1v) is 4.65. The van der Waals surface area contributed by atoms with Crippen LogP contribution in [0.25, 0.3) is 0 Å². The highest BCUT2D eigenvalue weighted by Crippen LogP contribution is 2.25. The summed E-state index contributed by atoms with van der Waals surface area (Å²) in [5.41, 5.74) is 6.61. The lowest BCUT2D eigenvalue weighted by Crippen LogP contribution is -2.15. The van der Waals surface area contributed by atoms with E-state index in [1.165, 1.54) is 0 Å². The van der Waals surface area contributed by atoms with Crippen molar-refractivity contribution in [3.05, 3.63) is 11.6 Å². The third-order valence-corrected chi connectivity index (χ3v) is 2.25. The van der Waals surface area contributed by atoms with E-state index in [2.05, 4.69) is 0 Å². The topological polar surface area (TPSA) is 63.3 Å². The van der Waals surface area contributed by atoms with E-state index in [-0.39, 0.29) is 6.04 Å². The quantitative estimate of drug-likeness (QED) is 0.463. The molecule has 0 bridgehead atoms. The molecule has 0 radical (unpaired) electrons. The first-order valence-electron chi connectivity index (χ1n) is 3.25. The monoisotopic (exact) mass is 160 g/mol. The molecule has 1 unspecified atom stereocenters. The maximum Gasteiger partial charge on any atom is 0.509 e. The van der Waals surface area contributed by atoms with Gasteiger partial charge in [0.25, 0.3) is 0 Å². The minimum atomic E-state index is -2.00. The van der Waals surface area contributed by atoms with Crippen LogP contribution in [0.5, 0.6) is 0 Å². The molecule has 0 aliphatic heterocycles. The lowest BCUT2D eigenvalue weighted by molar-refractivity contribution is 0.505. The van der Waals surface area contributed by atoms with Crippen LogP contribution in [0.1, 0.15) is 12.8 Å². The molecule has 3 N–H and O–H groups in total. The van der Waals surface area contributed by atoms with Crippen LogP contribution in [-0.2, 0) is 4.57 Å². The molecule has 2 atom stereocenters. The summed E-state index contributed by atoms with van der Waals surface area (Å²) in [5, 5.41) is 0. The fourth-order valence-electron chi connectivity index (χ4n) is 1.12. The average molecular weight is 160 g/mol. The molecule has 0 aromatic heterocycles. The summed E-state index contributed by atoms with van der Waals surface area (Å²) < 4.78 is 10.3. The molecule has 1 aliphatic carbocycles. The predicted octanol–water partition coefficient (Wildman–Crippen LogP) is 0.769. The van der Waals surface area contributed by atoms with Gasteiger partial charge in [0.05, 0.1) is 0 Å². The normalized spacial score (nSPS) is 26.4. The zero-order chi connectivity index (χ0) is 7.56. The van der Waals surface area contributed by atoms with E-state index in [9.17, 15) is 4.57 Å². The summed E-state index contributed by atoms with van der Waals surface area (Å²) in [4.78, 5) is 8.53. The lowest BCUT2D eigenvalue weighted by atomic mass is 10.2. The molecule has 10 heavy (non-hydrogen) atoms. The van der Waals surface area contributed by atoms with Gasteiger partial charge >= 0.3 is 8.03 Å². The summed E-state index contributed by atoms with van der Waals surface area (Å²) in [6, 6.07) is 0.185. The fourth-order valence-corrected chi connectivity index (χ4v) is 1.73. The number of hydrogen-bond acceptors (Lipinski definition) is 2. The van der Waals surface area contributed by atoms with Gasteiger partial charge in [0.2, 0.25) is 0 Å². The Bertz CT molecular complexity index is 179. The van der Waals surface area contributed by atoms with Crippen molar-refractivity contribution in [2.75, 3.05) is 6.16 Å². The molecule has 0 spiro atoms. The second-order valence-electron chi connectivity index (χ2n) is 2.57. The molecule has 0 amide bonds. The van der Waals surface area contributed by atoms with E-state index >= 15 is 0 Å². The van der Waals surface area contributed by atoms with Crippen LogP contribution in [0.15, 0.2) is 11.6 Å². The van der Waals surface area contributed by atoms with Crippen molar-refractivity contribution in [3.63, 3.8) is 0 Å². The molecule has 4 heteroatoms. The van der Waals surface area contributed by atoms with Crippen molar-refractivity contribution < 1.29 is 9.46 Å². The molecule has 0 aromatic rings. The van der Waals surface area contributed by atoms with Gasteiger partial charge in [-0.1, -0.05) is 6.08 Å². The summed E-state index contributed by atoms with van der Waals surface area (Å²) in [5.74, 6) is 0. The van der Waals surface area contributed by atoms with E-state index in [0.717, 1.165) is 18.4 Å². The summed E-state index contributed by atoms with van der Waals surface area (Å²) >= 11 is 0. The minimum Gasteiger partial charge on any atom is -0.327 e. The van der Waals surface area contributed by atoms with E-state index < -0.39 is 8.03 Å². The fraction of sp³-hybridized carbons (Fsp3) is 0.667. The van der Waals surface area contributed by atoms with Gasteiger partial charge in [-0.25, -0.2) is 0 Å². The van der Waals surface area contributed by atoms with Crippen molar-refractivity contribution in [1.82, 2.24) is 0 Å². The van der Waals surface area contributed by atoms with Crippen molar-refractivity contribution in [2.45, 2.75) is 18.9 Å². The highest BCUT2D eigenvalue weighted by molar-refractivity contribution is 7.38. The second kappa shape index (κ2) is 3.24. The second-order valence-corrected chi connectivity index (χ2v) is 3.59. The molecule has 1 aliphatic rings. The predicted molar refractivity (Wildman–Crippen MR) is 40.0 cm³/mol. The Balaban J connectivity index is 2.37. The van der Waals surface area contributed by atoms with Gasteiger partial charge in [0, 0.05) is 6.04 Å². The highest BCUT2D eigenvalue weighted by Gasteiger charge is 2.20. The number of nitrogens with two attached hydrogens (primary N) is 1. The van der Waals surface area contributed by atoms with Crippen LogP contribution in [0.4, 0.5) is 0 Å². The first-order chi connectivity index (χ1) is 4.68. The molecule has 0 fully saturated rings. The van der Waals surface area contributed by atoms with Crippen molar-refractivity contribution >= 4 is 8.03 Å². The zero-order valence-electron chi connectivity index (χ0n) is 5.66. The van der Waals surface area contributed by atoms with Crippen LogP contribution >= 0.6 is 8.03 Å². The Morgan fingerprint density at radius 3 is 3.00 bits per heavy atom. The van der Waals surface area contributed by atoms with Crippen molar-refractivity contribution in [3.8, 4) is 0 Å². The average Bonchev–Trinajstić information content (AvgIpc) is 2.13. The zero-order valence-corrected chi connectivity index (χ0v) is 6.55. The molecule has 0 aromatic carbocycles. The SMILES string of the molecule is N[C@H]1CC=C(C[P+](=O)O)C1. The molecule has 0 heterocycles. The third kappa shape index (κ3) is 2.18. The maximum atomic E-state index is 10.3. The van der Waals surface area contributed by atoms with Crippen LogP contribution < -0.4 is 5.73 Å². The molecule has 56 valence electrons. The van der Waals surface area contributed by atoms with Gasteiger partial charge in [-0.2, -0.15) is 4.89 Å². The molecule has 0 saturated heterocycles. The minimum absolute atomic E-state index is 0.185. The van der Waals surface area contributed by atoms with Gasteiger partial charge in [-0.05, 0) is 23.0 Å². The summed E-state index contributed by atoms with van der Waals surface area (Å²) in [6.45, 7) is 0. The number of rotatable bonds is 2. The maximum absolute atomic E-state index is 10.3. The molecule has 0 saturated carbocycles. The van der Waals surface area contributed by atoms with Gasteiger partial charge in [-0.15, -0.1) is 0 Å². The van der Waals surface area contributed by atoms with Gasteiger partial charge in [0.15, 0.2) is 6.16 Å². The van der Waals surface area contributed by atoms with E-state index in [0.29, 0.717) is 6.16 Å². The van der Waals surface area contributed by atoms with Crippen LogP contribution in [0.2, 0.25) is 0 Å². The summed E-state index contributed by atoms with van der Waals surface area (Å²) in [6.07, 6.45) is 3.93. The highest BCUT2D eigenvalue weighted by atomic mass is 31.1. The molecular weight excluding hydrogens is 149 g/mol. The van der Waals surface area contributed by atoms with E-state index in [1.54, 1.807) is 0 Å². The first kappa shape index (κ1) is 7.86. The van der Waals surface area contributed by atoms with Crippen molar-refractivity contribution in [2.24, 2.45) is 5.73 Å². The smallest absolute Gasteiger partial charge is 0.327 e. The Hall–Kier alpha value is -0.240. The third-order valence-electron chi connectivity index (χ3n) is 1.57. The Morgan fingerprint density at radius 2 is 2.60 bits per heavy atom. The molecule has 1 rings (SSSR count). The Morgan fingerprint density at radius 1 is 1.90 bits per heavy atom. The largest absolute Gasteiger partial charge is 0.509 e. The molecular formula is C6H11NO2P+. The van der Waals surface area contributed by atoms with Crippen molar-refractivity contribution in [1.29, 1.82) is 0 Å². The number of hydrogen-bond donors (Lipinski definition) is 2. The molecule has 3 nitrogen and oxygen atoms in total. The van der Waals surface area contributed by atoms with Crippen LogP contribution in [0, 0.1) is 0 Å². The lowest BCUT2D eigenvalue weighted by Gasteiger charge is -1.96. The van der Waals surface area contributed by atoms with Crippen LogP contribution in [0.3, 0.4) is 0 Å². The van der Waals surface area contributed by atoms with E-state index in [1.807, 2.05) is 6.08 Å². The standard InChI is InChI=1S/C6H10NO2P/c7-6-2-1-5(3-6)4-10(8)9/h1,6H,2-4,7H2/p+1/t6-/m0/s1. The van der Waals surface area contributed by atoms with E-state index in [4.69, 9.17) is 10.6 Å². The van der Waals surface area contributed by atoms with Gasteiger partial charge in [-0.3, -0.25) is 0 Å². The van der Waals surface area contributed by atoms with Gasteiger partial charge < -0.3 is 5.73 Å². The van der Waals surface area contributed by atoms with Gasteiger partial charge in [0.1, 0.15) is 0 Å². The summed E-state index contributed by atoms with van der Waals surface area (Å²) in [7, 11) is -2.00.